The average Bonchev–Trinajstić information content (AvgIpc) is 3.28. The number of allylic oxidation sites excluding steroid dienone is 12. The number of carboxylic acid groups (broad SMARTS) is 1. The number of rotatable bonds is 48. The fourth-order valence-corrected chi connectivity index (χ4v) is 7.72. The van der Waals surface area contributed by atoms with Crippen LogP contribution in [0.15, 0.2) is 72.9 Å². The monoisotopic (exact) mass is 924 g/mol. The molecule has 2 atom stereocenters. The minimum absolute atomic E-state index is 0.0257. The highest BCUT2D eigenvalue weighted by atomic mass is 16.6. The Bertz CT molecular complexity index is 1310. The molecule has 0 spiro atoms. The SMILES string of the molecule is CC/C=C/C/C=C/C/C=C/C/C=C/C/C=C/C/C=C/CCCCC(=O)OCC(COCCC(C(=O)[O-])[N+](C)(C)C)OC(=O)CCCCCCCCCCCCCCCCCCCCCCC. The van der Waals surface area contributed by atoms with Crippen LogP contribution in [-0.2, 0) is 28.6 Å². The van der Waals surface area contributed by atoms with Crippen LogP contribution in [-0.4, -0.2) is 75.5 Å². The van der Waals surface area contributed by atoms with Gasteiger partial charge in [0, 0.05) is 19.3 Å². The van der Waals surface area contributed by atoms with E-state index < -0.39 is 18.1 Å². The van der Waals surface area contributed by atoms with Gasteiger partial charge in [-0.25, -0.2) is 0 Å². The van der Waals surface area contributed by atoms with Gasteiger partial charge in [-0.05, 0) is 64.2 Å². The van der Waals surface area contributed by atoms with Crippen LogP contribution in [0.1, 0.15) is 226 Å². The zero-order chi connectivity index (χ0) is 48.4. The number of hydrogen-bond acceptors (Lipinski definition) is 7. The second-order valence-corrected chi connectivity index (χ2v) is 19.1. The number of carboxylic acids is 1. The molecule has 0 aromatic rings. The summed E-state index contributed by atoms with van der Waals surface area (Å²) in [4.78, 5) is 37.1. The molecule has 0 heterocycles. The molecule has 0 aromatic carbocycles. The van der Waals surface area contributed by atoms with Gasteiger partial charge in [-0.1, -0.05) is 215 Å². The molecule has 8 nitrogen and oxygen atoms in total. The number of esters is 2. The van der Waals surface area contributed by atoms with Gasteiger partial charge in [-0.2, -0.15) is 0 Å². The number of aliphatic carboxylic acids is 1. The normalized spacial score (nSPS) is 13.4. The Morgan fingerprint density at radius 1 is 0.470 bits per heavy atom. The van der Waals surface area contributed by atoms with Gasteiger partial charge in [-0.15, -0.1) is 0 Å². The molecule has 380 valence electrons. The molecular weight excluding hydrogens is 823 g/mol. The lowest BCUT2D eigenvalue weighted by Gasteiger charge is -2.34. The number of unbranched alkanes of at least 4 members (excludes halogenated alkanes) is 22. The maximum atomic E-state index is 12.8. The quantitative estimate of drug-likeness (QED) is 0.0259. The first-order valence-corrected chi connectivity index (χ1v) is 27.0. The molecule has 0 radical (unpaired) electrons. The highest BCUT2D eigenvalue weighted by molar-refractivity contribution is 5.70. The predicted octanol–water partition coefficient (Wildman–Crippen LogP) is 14.5. The van der Waals surface area contributed by atoms with E-state index in [0.717, 1.165) is 70.6 Å². The van der Waals surface area contributed by atoms with Crippen molar-refractivity contribution in [3.05, 3.63) is 72.9 Å². The second-order valence-electron chi connectivity index (χ2n) is 19.1. The third-order valence-electron chi connectivity index (χ3n) is 11.9. The van der Waals surface area contributed by atoms with Gasteiger partial charge in [0.25, 0.3) is 0 Å². The van der Waals surface area contributed by atoms with Crippen LogP contribution >= 0.6 is 0 Å². The minimum atomic E-state index is -1.13. The molecular formula is C58H101NO7. The van der Waals surface area contributed by atoms with Crippen molar-refractivity contribution in [1.29, 1.82) is 0 Å². The van der Waals surface area contributed by atoms with Crippen molar-refractivity contribution in [1.82, 2.24) is 0 Å². The highest BCUT2D eigenvalue weighted by Crippen LogP contribution is 2.16. The van der Waals surface area contributed by atoms with Crippen LogP contribution in [0.5, 0.6) is 0 Å². The molecule has 0 N–H and O–H groups in total. The molecule has 0 amide bonds. The Morgan fingerprint density at radius 3 is 1.26 bits per heavy atom. The van der Waals surface area contributed by atoms with E-state index in [0.29, 0.717) is 19.3 Å². The molecule has 66 heavy (non-hydrogen) atoms. The van der Waals surface area contributed by atoms with Gasteiger partial charge < -0.3 is 28.6 Å². The van der Waals surface area contributed by atoms with Crippen LogP contribution < -0.4 is 5.11 Å². The predicted molar refractivity (Wildman–Crippen MR) is 277 cm³/mol. The van der Waals surface area contributed by atoms with Crippen LogP contribution in [0.4, 0.5) is 0 Å². The second kappa shape index (κ2) is 48.2. The maximum Gasteiger partial charge on any atom is 0.306 e. The standard InChI is InChI=1S/C58H101NO7/c1-6-8-10-12-14-16-18-20-22-24-26-28-30-32-34-36-38-40-42-44-46-48-56(60)65-53-54(52-64-51-50-55(58(62)63)59(3,4)5)66-57(61)49-47-45-43-41-39-37-35-33-31-29-27-25-23-21-19-17-15-13-11-9-7-2/h8,10,14,16,20,22,26,28,32,34,38,40,54-55H,6-7,9,11-13,15,17-19,21,23-25,27,29-31,33,35-37,39,41-53H2,1-5H3/b10-8+,16-14+,22-20+,28-26+,34-32+,40-38+. The van der Waals surface area contributed by atoms with Gasteiger partial charge >= 0.3 is 11.9 Å². The Labute approximate surface area is 406 Å². The first-order valence-electron chi connectivity index (χ1n) is 27.0. The number of nitrogens with zero attached hydrogens (tertiary/aromatic N) is 1. The van der Waals surface area contributed by atoms with Crippen molar-refractivity contribution in [3.8, 4) is 0 Å². The lowest BCUT2D eigenvalue weighted by molar-refractivity contribution is -0.889. The Morgan fingerprint density at radius 2 is 0.848 bits per heavy atom. The molecule has 8 heteroatoms. The highest BCUT2D eigenvalue weighted by Gasteiger charge is 2.25. The molecule has 0 rings (SSSR count). The van der Waals surface area contributed by atoms with E-state index in [9.17, 15) is 19.5 Å². The zero-order valence-corrected chi connectivity index (χ0v) is 43.3. The number of carbonyl (C=O) groups is 3. The Balaban J connectivity index is 4.29. The summed E-state index contributed by atoms with van der Waals surface area (Å²) in [6.45, 7) is 4.53. The van der Waals surface area contributed by atoms with Gasteiger partial charge in [0.05, 0.1) is 40.3 Å². The fraction of sp³-hybridized carbons (Fsp3) is 0.741. The summed E-state index contributed by atoms with van der Waals surface area (Å²) >= 11 is 0. The number of hydrogen-bond donors (Lipinski definition) is 0. The summed E-state index contributed by atoms with van der Waals surface area (Å²) in [5.74, 6) is -1.79. The molecule has 0 aliphatic rings. The van der Waals surface area contributed by atoms with E-state index in [1.54, 1.807) is 21.1 Å². The van der Waals surface area contributed by atoms with Crippen molar-refractivity contribution in [3.63, 3.8) is 0 Å². The molecule has 0 saturated heterocycles. The summed E-state index contributed by atoms with van der Waals surface area (Å²) in [6, 6.07) is -0.735. The van der Waals surface area contributed by atoms with E-state index in [2.05, 4.69) is 86.8 Å². The first kappa shape index (κ1) is 62.8. The molecule has 2 unspecified atom stereocenters. The Kier molecular flexibility index (Phi) is 45.9. The van der Waals surface area contributed by atoms with Gasteiger partial charge in [-0.3, -0.25) is 9.59 Å². The summed E-state index contributed by atoms with van der Waals surface area (Å²) in [5.41, 5.74) is 0. The number of likely N-dealkylation sites (N-methyl/N-ethyl adjacent to an activating group) is 1. The Hall–Kier alpha value is -3.23. The van der Waals surface area contributed by atoms with Gasteiger partial charge in [0.15, 0.2) is 6.10 Å². The lowest BCUT2D eigenvalue weighted by atomic mass is 10.0. The molecule has 0 aliphatic heterocycles. The van der Waals surface area contributed by atoms with Gasteiger partial charge in [0.1, 0.15) is 12.6 Å². The van der Waals surface area contributed by atoms with Gasteiger partial charge in [0.2, 0.25) is 0 Å². The van der Waals surface area contributed by atoms with Crippen molar-refractivity contribution < 1.29 is 38.2 Å². The largest absolute Gasteiger partial charge is 0.544 e. The summed E-state index contributed by atoms with van der Waals surface area (Å²) < 4.78 is 17.2. The van der Waals surface area contributed by atoms with Crippen molar-refractivity contribution in [2.45, 2.75) is 238 Å². The third-order valence-corrected chi connectivity index (χ3v) is 11.9. The number of ether oxygens (including phenoxy) is 3. The number of quaternary nitrogens is 1. The van der Waals surface area contributed by atoms with Crippen LogP contribution in [0.2, 0.25) is 0 Å². The van der Waals surface area contributed by atoms with Crippen molar-refractivity contribution in [2.75, 3.05) is 41.0 Å². The topological polar surface area (TPSA) is 102 Å². The molecule has 0 fully saturated rings. The lowest BCUT2D eigenvalue weighted by Crippen LogP contribution is -2.55. The van der Waals surface area contributed by atoms with Crippen LogP contribution in [0.3, 0.4) is 0 Å². The van der Waals surface area contributed by atoms with E-state index in [4.69, 9.17) is 14.2 Å². The summed E-state index contributed by atoms with van der Waals surface area (Å²) in [5, 5.41) is 11.7. The average molecular weight is 924 g/mol. The van der Waals surface area contributed by atoms with Crippen LogP contribution in [0, 0.1) is 0 Å². The minimum Gasteiger partial charge on any atom is -0.544 e. The third kappa shape index (κ3) is 45.9. The fourth-order valence-electron chi connectivity index (χ4n) is 7.72. The molecule has 0 aromatic heterocycles. The molecule has 0 aliphatic carbocycles. The van der Waals surface area contributed by atoms with E-state index in [1.807, 2.05) is 0 Å². The number of carbonyl (C=O) groups excluding carboxylic acids is 3. The zero-order valence-electron chi connectivity index (χ0n) is 43.3. The summed E-state index contributed by atoms with van der Waals surface area (Å²) in [6.07, 6.45) is 62.3. The maximum absolute atomic E-state index is 12.8. The van der Waals surface area contributed by atoms with Crippen molar-refractivity contribution in [2.24, 2.45) is 0 Å². The van der Waals surface area contributed by atoms with Crippen LogP contribution in [0.25, 0.3) is 0 Å². The molecule has 0 bridgehead atoms. The van der Waals surface area contributed by atoms with E-state index in [1.165, 1.54) is 116 Å². The summed E-state index contributed by atoms with van der Waals surface area (Å²) in [7, 11) is 5.40. The van der Waals surface area contributed by atoms with E-state index >= 15 is 0 Å². The van der Waals surface area contributed by atoms with E-state index in [-0.39, 0.29) is 42.7 Å². The smallest absolute Gasteiger partial charge is 0.306 e. The van der Waals surface area contributed by atoms with Crippen molar-refractivity contribution >= 4 is 17.9 Å². The first-order chi connectivity index (χ1) is 32.1. The molecule has 0 saturated carbocycles.